The van der Waals surface area contributed by atoms with E-state index in [0.717, 1.165) is 0 Å². The average molecular weight is 252 g/mol. The number of aldehydes is 1. The molecule has 1 aromatic rings. The second-order valence-corrected chi connectivity index (χ2v) is 3.33. The number of carbonyl (C=O) groups is 2. The summed E-state index contributed by atoms with van der Waals surface area (Å²) < 4.78 is 4.78. The Labute approximate surface area is 105 Å². The number of aliphatic carboxylic acids is 1. The van der Waals surface area contributed by atoms with E-state index in [0.29, 0.717) is 23.2 Å². The number of phenolic OH excluding ortho intramolecular Hbond substituents is 1. The van der Waals surface area contributed by atoms with Gasteiger partial charge in [-0.1, -0.05) is 6.08 Å². The summed E-state index contributed by atoms with van der Waals surface area (Å²) in [5.41, 5.74) is 0.875. The van der Waals surface area contributed by atoms with Crippen molar-refractivity contribution < 1.29 is 24.5 Å². The lowest BCUT2D eigenvalue weighted by Crippen LogP contribution is -1.93. The molecule has 0 saturated carbocycles. The van der Waals surface area contributed by atoms with Crippen molar-refractivity contribution in [1.29, 1.82) is 0 Å². The van der Waals surface area contributed by atoms with E-state index in [1.54, 1.807) is 19.9 Å². The summed E-state index contributed by atoms with van der Waals surface area (Å²) in [6.45, 7) is 3.26. The van der Waals surface area contributed by atoms with E-state index in [2.05, 4.69) is 0 Å². The normalized spacial score (nSPS) is 10.1. The maximum Gasteiger partial charge on any atom is 0.330 e. The van der Waals surface area contributed by atoms with Crippen LogP contribution in [0, 0.1) is 0 Å². The van der Waals surface area contributed by atoms with Gasteiger partial charge >= 0.3 is 5.97 Å². The van der Waals surface area contributed by atoms with E-state index >= 15 is 0 Å². The fourth-order valence-corrected chi connectivity index (χ4v) is 0.891. The Kier molecular flexibility index (Phi) is 6.88. The van der Waals surface area contributed by atoms with Crippen LogP contribution in [0.1, 0.15) is 24.2 Å². The molecule has 0 aliphatic heterocycles. The summed E-state index contributed by atoms with van der Waals surface area (Å²) >= 11 is 0. The first kappa shape index (κ1) is 15.7. The van der Waals surface area contributed by atoms with Gasteiger partial charge in [-0.3, -0.25) is 4.79 Å². The van der Waals surface area contributed by atoms with Gasteiger partial charge in [0, 0.05) is 11.1 Å². The van der Waals surface area contributed by atoms with E-state index in [-0.39, 0.29) is 5.75 Å². The van der Waals surface area contributed by atoms with E-state index in [1.807, 2.05) is 0 Å². The molecule has 18 heavy (non-hydrogen) atoms. The van der Waals surface area contributed by atoms with Crippen LogP contribution in [0.4, 0.5) is 0 Å². The van der Waals surface area contributed by atoms with Crippen LogP contribution in [0.2, 0.25) is 0 Å². The number of phenols is 1. The predicted octanol–water partition coefficient (Wildman–Crippen LogP) is 2.25. The van der Waals surface area contributed by atoms with Gasteiger partial charge in [-0.25, -0.2) is 4.79 Å². The number of rotatable bonds is 3. The maximum atomic E-state index is 10.2. The molecule has 5 heteroatoms. The summed E-state index contributed by atoms with van der Waals surface area (Å²) in [5.74, 6) is -0.491. The van der Waals surface area contributed by atoms with E-state index < -0.39 is 5.97 Å². The standard InChI is InChI=1S/C8H8O3.C5H8O2/c1-11-8-4-6(5-9)2-3-7(8)10;1-3-4(2)5(6)7/h2-5,10H,1H3;3H,1-2H3,(H,6,7). The van der Waals surface area contributed by atoms with Crippen molar-refractivity contribution in [1.82, 2.24) is 0 Å². The van der Waals surface area contributed by atoms with Gasteiger partial charge in [-0.2, -0.15) is 0 Å². The SMILES string of the molecule is CC=C(C)C(=O)O.COc1cc(C=O)ccc1O. The number of allylic oxidation sites excluding steroid dienone is 1. The number of carboxylic acid groups (broad SMARTS) is 1. The Hall–Kier alpha value is -2.30. The molecule has 0 bridgehead atoms. The lowest BCUT2D eigenvalue weighted by molar-refractivity contribution is -0.132. The van der Waals surface area contributed by atoms with Gasteiger partial charge in [-0.15, -0.1) is 0 Å². The maximum absolute atomic E-state index is 10.2. The molecule has 0 fully saturated rings. The second kappa shape index (κ2) is 7.89. The second-order valence-electron chi connectivity index (χ2n) is 3.33. The van der Waals surface area contributed by atoms with Gasteiger partial charge in [0.2, 0.25) is 0 Å². The minimum absolute atomic E-state index is 0.0399. The molecule has 0 aromatic heterocycles. The Morgan fingerprint density at radius 1 is 1.39 bits per heavy atom. The zero-order valence-electron chi connectivity index (χ0n) is 10.5. The third-order valence-electron chi connectivity index (χ3n) is 2.11. The molecule has 0 atom stereocenters. The summed E-state index contributed by atoms with van der Waals surface area (Å²) in [7, 11) is 1.43. The Morgan fingerprint density at radius 2 is 2.00 bits per heavy atom. The highest BCUT2D eigenvalue weighted by atomic mass is 16.5. The van der Waals surface area contributed by atoms with Crippen LogP contribution < -0.4 is 4.74 Å². The highest BCUT2D eigenvalue weighted by Gasteiger charge is 2.00. The van der Waals surface area contributed by atoms with Crippen molar-refractivity contribution in [2.45, 2.75) is 13.8 Å². The number of carbonyl (C=O) groups excluding carboxylic acids is 1. The summed E-state index contributed by atoms with van der Waals surface area (Å²) in [5, 5.41) is 17.2. The molecule has 0 saturated heterocycles. The topological polar surface area (TPSA) is 83.8 Å². The molecular formula is C13H16O5. The predicted molar refractivity (Wildman–Crippen MR) is 67.1 cm³/mol. The number of benzene rings is 1. The minimum atomic E-state index is -0.845. The molecule has 0 spiro atoms. The molecule has 0 heterocycles. The van der Waals surface area contributed by atoms with Gasteiger partial charge in [0.1, 0.15) is 6.29 Å². The Morgan fingerprint density at radius 3 is 2.33 bits per heavy atom. The highest BCUT2D eigenvalue weighted by Crippen LogP contribution is 2.25. The Balaban J connectivity index is 0.000000360. The van der Waals surface area contributed by atoms with Crippen LogP contribution >= 0.6 is 0 Å². The molecular weight excluding hydrogens is 236 g/mol. The van der Waals surface area contributed by atoms with E-state index in [4.69, 9.17) is 14.9 Å². The number of hydrogen-bond acceptors (Lipinski definition) is 4. The fraction of sp³-hybridized carbons (Fsp3) is 0.231. The van der Waals surface area contributed by atoms with Gasteiger partial charge in [-0.05, 0) is 32.0 Å². The average Bonchev–Trinajstić information content (AvgIpc) is 2.39. The van der Waals surface area contributed by atoms with Gasteiger partial charge in [0.25, 0.3) is 0 Å². The third-order valence-corrected chi connectivity index (χ3v) is 2.11. The summed E-state index contributed by atoms with van der Waals surface area (Å²) in [4.78, 5) is 20.1. The smallest absolute Gasteiger partial charge is 0.330 e. The largest absolute Gasteiger partial charge is 0.504 e. The number of ether oxygens (including phenoxy) is 1. The quantitative estimate of drug-likeness (QED) is 0.636. The van der Waals surface area contributed by atoms with Gasteiger partial charge in [0.15, 0.2) is 11.5 Å². The molecule has 0 aliphatic rings. The number of hydrogen-bond donors (Lipinski definition) is 2. The summed E-state index contributed by atoms with van der Waals surface area (Å²) in [6.07, 6.45) is 2.25. The Bertz CT molecular complexity index is 449. The van der Waals surface area contributed by atoms with Crippen molar-refractivity contribution >= 4 is 12.3 Å². The van der Waals surface area contributed by atoms with Crippen LogP contribution in [-0.2, 0) is 4.79 Å². The number of methoxy groups -OCH3 is 1. The molecule has 2 N–H and O–H groups in total. The molecule has 5 nitrogen and oxygen atoms in total. The van der Waals surface area contributed by atoms with Gasteiger partial charge < -0.3 is 14.9 Å². The van der Waals surface area contributed by atoms with Crippen LogP contribution in [0.3, 0.4) is 0 Å². The van der Waals surface area contributed by atoms with Crippen LogP contribution in [0.25, 0.3) is 0 Å². The first-order valence-corrected chi connectivity index (χ1v) is 5.14. The highest BCUT2D eigenvalue weighted by molar-refractivity contribution is 5.85. The van der Waals surface area contributed by atoms with Crippen molar-refractivity contribution in [2.24, 2.45) is 0 Å². The molecule has 0 aliphatic carbocycles. The minimum Gasteiger partial charge on any atom is -0.504 e. The lowest BCUT2D eigenvalue weighted by Gasteiger charge is -2.01. The zero-order chi connectivity index (χ0) is 14.1. The van der Waals surface area contributed by atoms with Crippen molar-refractivity contribution in [3.63, 3.8) is 0 Å². The van der Waals surface area contributed by atoms with Crippen molar-refractivity contribution in [3.05, 3.63) is 35.4 Å². The first-order chi connectivity index (χ1) is 8.46. The molecule has 0 unspecified atom stereocenters. The zero-order valence-corrected chi connectivity index (χ0v) is 10.5. The first-order valence-electron chi connectivity index (χ1n) is 5.14. The molecule has 0 amide bonds. The van der Waals surface area contributed by atoms with Crippen LogP contribution in [0.15, 0.2) is 29.8 Å². The monoisotopic (exact) mass is 252 g/mol. The number of aromatic hydroxyl groups is 1. The summed E-state index contributed by atoms with van der Waals surface area (Å²) in [6, 6.07) is 4.41. The molecule has 0 radical (unpaired) electrons. The third kappa shape index (κ3) is 5.16. The number of carboxylic acids is 1. The molecule has 98 valence electrons. The van der Waals surface area contributed by atoms with E-state index in [9.17, 15) is 9.59 Å². The van der Waals surface area contributed by atoms with Crippen molar-refractivity contribution in [3.8, 4) is 11.5 Å². The van der Waals surface area contributed by atoms with Gasteiger partial charge in [0.05, 0.1) is 7.11 Å². The fourth-order valence-electron chi connectivity index (χ4n) is 0.891. The lowest BCUT2D eigenvalue weighted by atomic mass is 10.2. The van der Waals surface area contributed by atoms with Crippen LogP contribution in [-0.4, -0.2) is 29.6 Å². The van der Waals surface area contributed by atoms with Crippen LogP contribution in [0.5, 0.6) is 11.5 Å². The molecule has 1 rings (SSSR count). The molecule has 1 aromatic carbocycles. The van der Waals surface area contributed by atoms with Crippen molar-refractivity contribution in [2.75, 3.05) is 7.11 Å². The van der Waals surface area contributed by atoms with E-state index in [1.165, 1.54) is 25.3 Å².